The van der Waals surface area contributed by atoms with Gasteiger partial charge in [-0.1, -0.05) is 0 Å². The normalized spacial score (nSPS) is 15.2. The van der Waals surface area contributed by atoms with Crippen molar-refractivity contribution >= 4 is 22.5 Å². The summed E-state index contributed by atoms with van der Waals surface area (Å²) in [6, 6.07) is 0. The summed E-state index contributed by atoms with van der Waals surface area (Å²) in [5.74, 6) is 0. The first kappa shape index (κ1) is 17.7. The molecule has 0 aromatic rings. The van der Waals surface area contributed by atoms with Crippen molar-refractivity contribution in [2.24, 2.45) is 0 Å². The molecule has 0 spiro atoms. The van der Waals surface area contributed by atoms with Crippen molar-refractivity contribution in [1.29, 1.82) is 0 Å². The van der Waals surface area contributed by atoms with Crippen LogP contribution in [0.5, 0.6) is 0 Å². The predicted molar refractivity (Wildman–Crippen MR) is 71.0 cm³/mol. The quantitative estimate of drug-likeness (QED) is 0.578. The van der Waals surface area contributed by atoms with Gasteiger partial charge in [0.2, 0.25) is 0 Å². The second-order valence-electron chi connectivity index (χ2n) is 7.20. The molecule has 0 aromatic heterocycles. The number of rotatable bonds is 3. The standard InChI is InChI=1S/C13H27O3.Sn/c1-11(2,3)14-10(15-12(4,5)6)16-13(7,8)9;/h1-9H3;/q;+3. The Kier molecular flexibility index (Phi) is 5.57. The van der Waals surface area contributed by atoms with E-state index in [9.17, 15) is 0 Å². The van der Waals surface area contributed by atoms with Crippen molar-refractivity contribution in [2.45, 2.75) is 83.1 Å². The fraction of sp³-hybridized carbons (Fsp3) is 1.00. The van der Waals surface area contributed by atoms with Gasteiger partial charge in [0.15, 0.2) is 0 Å². The maximum atomic E-state index is 5.97. The van der Waals surface area contributed by atoms with Crippen molar-refractivity contribution in [3.05, 3.63) is 0 Å². The summed E-state index contributed by atoms with van der Waals surface area (Å²) in [6.45, 7) is 18.0. The molecule has 17 heavy (non-hydrogen) atoms. The number of hydrogen-bond acceptors (Lipinski definition) is 3. The first-order chi connectivity index (χ1) is 7.12. The van der Waals surface area contributed by atoms with E-state index in [1.54, 1.807) is 0 Å². The second kappa shape index (κ2) is 5.35. The summed E-state index contributed by atoms with van der Waals surface area (Å²) < 4.78 is 17.0. The minimum atomic E-state index is -0.957. The number of hydrogen-bond donors (Lipinski definition) is 0. The van der Waals surface area contributed by atoms with Gasteiger partial charge in [0.25, 0.3) is 0 Å². The van der Waals surface area contributed by atoms with Gasteiger partial charge in [-0.25, -0.2) is 0 Å². The fourth-order valence-corrected chi connectivity index (χ4v) is 3.89. The van der Waals surface area contributed by atoms with E-state index in [1.807, 2.05) is 62.3 Å². The molecule has 0 amide bonds. The van der Waals surface area contributed by atoms with Crippen molar-refractivity contribution in [3.63, 3.8) is 0 Å². The molecular formula is C13H27O3Sn+3. The first-order valence-corrected chi connectivity index (χ1v) is 7.40. The summed E-state index contributed by atoms with van der Waals surface area (Å²) >= 11 is 1.06. The zero-order valence-corrected chi connectivity index (χ0v) is 15.6. The van der Waals surface area contributed by atoms with Gasteiger partial charge < -0.3 is 0 Å². The third-order valence-electron chi connectivity index (χ3n) is 1.32. The molecule has 0 heterocycles. The molecule has 0 radical (unpaired) electrons. The molecule has 0 aliphatic carbocycles. The summed E-state index contributed by atoms with van der Waals surface area (Å²) in [5, 5.41) is 0. The van der Waals surface area contributed by atoms with Gasteiger partial charge in [-0.05, 0) is 0 Å². The van der Waals surface area contributed by atoms with Crippen LogP contribution < -0.4 is 0 Å². The van der Waals surface area contributed by atoms with Gasteiger partial charge in [-0.2, -0.15) is 0 Å². The molecule has 4 heteroatoms. The first-order valence-electron chi connectivity index (χ1n) is 5.97. The van der Waals surface area contributed by atoms with Crippen molar-refractivity contribution in [2.75, 3.05) is 0 Å². The van der Waals surface area contributed by atoms with Gasteiger partial charge in [0, 0.05) is 0 Å². The monoisotopic (exact) mass is 351 g/mol. The van der Waals surface area contributed by atoms with Gasteiger partial charge in [0.1, 0.15) is 0 Å². The second-order valence-corrected chi connectivity index (χ2v) is 8.95. The van der Waals surface area contributed by atoms with Crippen LogP contribution in [-0.2, 0) is 14.2 Å². The molecule has 0 unspecified atom stereocenters. The molecule has 0 saturated carbocycles. The predicted octanol–water partition coefficient (Wildman–Crippen LogP) is 3.21. The van der Waals surface area contributed by atoms with Crippen molar-refractivity contribution < 1.29 is 14.2 Å². The number of ether oxygens (including phenoxy) is 3. The molecule has 0 fully saturated rings. The molecule has 0 aliphatic heterocycles. The summed E-state index contributed by atoms with van der Waals surface area (Å²) in [6.07, 6.45) is 0. The zero-order valence-electron chi connectivity index (χ0n) is 12.7. The van der Waals surface area contributed by atoms with Crippen LogP contribution in [0.15, 0.2) is 0 Å². The van der Waals surface area contributed by atoms with Gasteiger partial charge in [-0.3, -0.25) is 0 Å². The third-order valence-corrected chi connectivity index (χ3v) is 2.20. The van der Waals surface area contributed by atoms with E-state index in [0.717, 1.165) is 22.5 Å². The topological polar surface area (TPSA) is 27.7 Å². The van der Waals surface area contributed by atoms with Crippen LogP contribution in [0.4, 0.5) is 0 Å². The van der Waals surface area contributed by atoms with E-state index in [4.69, 9.17) is 14.2 Å². The van der Waals surface area contributed by atoms with E-state index in [2.05, 4.69) is 0 Å². The molecule has 0 saturated heterocycles. The maximum absolute atomic E-state index is 5.97. The Bertz CT molecular complexity index is 202. The SMILES string of the molecule is CC(C)(C)O[C]([Sn+3])(OC(C)(C)C)OC(C)(C)C. The Morgan fingerprint density at radius 2 is 0.706 bits per heavy atom. The van der Waals surface area contributed by atoms with E-state index >= 15 is 0 Å². The van der Waals surface area contributed by atoms with Gasteiger partial charge in [-0.15, -0.1) is 0 Å². The Hall–Kier alpha value is 0.679. The van der Waals surface area contributed by atoms with E-state index in [-0.39, 0.29) is 16.8 Å². The van der Waals surface area contributed by atoms with Crippen molar-refractivity contribution in [1.82, 2.24) is 0 Å². The summed E-state index contributed by atoms with van der Waals surface area (Å²) in [5.41, 5.74) is -0.917. The van der Waals surface area contributed by atoms with Gasteiger partial charge in [0.05, 0.1) is 0 Å². The van der Waals surface area contributed by atoms with Crippen LogP contribution in [0.3, 0.4) is 0 Å². The Morgan fingerprint density at radius 1 is 0.529 bits per heavy atom. The van der Waals surface area contributed by atoms with E-state index < -0.39 is 3.99 Å². The average molecular weight is 350 g/mol. The molecule has 0 bridgehead atoms. The Balaban J connectivity index is 4.95. The van der Waals surface area contributed by atoms with E-state index in [0.29, 0.717) is 0 Å². The van der Waals surface area contributed by atoms with Crippen molar-refractivity contribution in [3.8, 4) is 0 Å². The zero-order chi connectivity index (χ0) is 14.1. The van der Waals surface area contributed by atoms with Crippen LogP contribution >= 0.6 is 0 Å². The van der Waals surface area contributed by atoms with Crippen LogP contribution in [-0.4, -0.2) is 43.3 Å². The molecule has 98 valence electrons. The summed E-state index contributed by atoms with van der Waals surface area (Å²) in [4.78, 5) is 0. The molecule has 0 atom stereocenters. The Morgan fingerprint density at radius 3 is 0.824 bits per heavy atom. The van der Waals surface area contributed by atoms with Crippen LogP contribution in [0.2, 0.25) is 0 Å². The molecule has 3 nitrogen and oxygen atoms in total. The molecular weight excluding hydrogens is 323 g/mol. The Labute approximate surface area is 120 Å². The molecule has 0 aliphatic rings. The fourth-order valence-electron chi connectivity index (χ4n) is 1.27. The minimum absolute atomic E-state index is 0.306. The molecule has 0 N–H and O–H groups in total. The van der Waals surface area contributed by atoms with Crippen LogP contribution in [0.1, 0.15) is 62.3 Å². The van der Waals surface area contributed by atoms with E-state index in [1.165, 1.54) is 0 Å². The van der Waals surface area contributed by atoms with Crippen LogP contribution in [0, 0.1) is 0 Å². The average Bonchev–Trinajstić information content (AvgIpc) is 1.65. The van der Waals surface area contributed by atoms with Gasteiger partial charge >= 0.3 is 120 Å². The third kappa shape index (κ3) is 10.3. The molecule has 0 aromatic carbocycles. The summed E-state index contributed by atoms with van der Waals surface area (Å²) in [7, 11) is 0. The molecule has 0 rings (SSSR count). The van der Waals surface area contributed by atoms with Crippen LogP contribution in [0.25, 0.3) is 0 Å².